The minimum absolute atomic E-state index is 0.204. The largest absolute Gasteiger partial charge is 0.345 e. The first-order valence-electron chi connectivity index (χ1n) is 6.23. The first-order chi connectivity index (χ1) is 10.1. The van der Waals surface area contributed by atoms with Gasteiger partial charge in [-0.1, -0.05) is 0 Å². The van der Waals surface area contributed by atoms with E-state index in [1.54, 1.807) is 52.1 Å². The molecule has 0 aliphatic rings. The summed E-state index contributed by atoms with van der Waals surface area (Å²) >= 11 is 3.36. The normalized spacial score (nSPS) is 10.6. The van der Waals surface area contributed by atoms with Crippen LogP contribution in [0.5, 0.6) is 0 Å². The van der Waals surface area contributed by atoms with Crippen molar-refractivity contribution < 1.29 is 4.79 Å². The van der Waals surface area contributed by atoms with E-state index in [2.05, 4.69) is 31.3 Å². The van der Waals surface area contributed by atoms with Crippen molar-refractivity contribution in [3.63, 3.8) is 0 Å². The van der Waals surface area contributed by atoms with Gasteiger partial charge in [0.2, 0.25) is 0 Å². The summed E-state index contributed by atoms with van der Waals surface area (Å²) in [6.07, 6.45) is 6.92. The molecule has 3 heterocycles. The molecule has 3 aromatic heterocycles. The summed E-state index contributed by atoms with van der Waals surface area (Å²) in [5, 5.41) is 7.00. The molecule has 0 fully saturated rings. The Labute approximate surface area is 129 Å². The zero-order valence-electron chi connectivity index (χ0n) is 11.2. The van der Waals surface area contributed by atoms with Crippen LogP contribution < -0.4 is 5.32 Å². The lowest BCUT2D eigenvalue weighted by atomic mass is 10.3. The van der Waals surface area contributed by atoms with E-state index in [1.807, 2.05) is 13.2 Å². The van der Waals surface area contributed by atoms with Crippen LogP contribution in [-0.2, 0) is 7.05 Å². The first-order valence-corrected chi connectivity index (χ1v) is 7.02. The smallest absolute Gasteiger partial charge is 0.272 e. The Kier molecular flexibility index (Phi) is 3.57. The second-order valence-corrected chi connectivity index (χ2v) is 5.35. The number of hydrogen-bond acceptors (Lipinski definition) is 3. The molecule has 6 nitrogen and oxygen atoms in total. The summed E-state index contributed by atoms with van der Waals surface area (Å²) in [6.45, 7) is 0. The quantitative estimate of drug-likeness (QED) is 0.793. The first kappa shape index (κ1) is 13.6. The van der Waals surface area contributed by atoms with Crippen LogP contribution in [0.1, 0.15) is 10.5 Å². The highest BCUT2D eigenvalue weighted by Gasteiger charge is 2.14. The van der Waals surface area contributed by atoms with E-state index in [0.29, 0.717) is 17.2 Å². The van der Waals surface area contributed by atoms with Crippen molar-refractivity contribution in [3.8, 4) is 5.82 Å². The van der Waals surface area contributed by atoms with Gasteiger partial charge in [0.05, 0.1) is 5.69 Å². The second-order valence-electron chi connectivity index (χ2n) is 4.43. The molecule has 0 aliphatic carbocycles. The van der Waals surface area contributed by atoms with E-state index in [4.69, 9.17) is 0 Å². The SMILES string of the molecule is Cn1cc(Br)cc1C(=O)Nc1cccnc1-n1cccn1. The molecular formula is C14H12BrN5O. The highest BCUT2D eigenvalue weighted by molar-refractivity contribution is 9.10. The maximum absolute atomic E-state index is 12.4. The zero-order chi connectivity index (χ0) is 14.8. The van der Waals surface area contributed by atoms with Crippen LogP contribution in [0.2, 0.25) is 0 Å². The van der Waals surface area contributed by atoms with Crippen molar-refractivity contribution in [2.75, 3.05) is 5.32 Å². The van der Waals surface area contributed by atoms with Gasteiger partial charge in [0.25, 0.3) is 5.91 Å². The van der Waals surface area contributed by atoms with Crippen LogP contribution in [0.4, 0.5) is 5.69 Å². The molecule has 1 amide bonds. The number of aromatic nitrogens is 4. The average Bonchev–Trinajstić information content (AvgIpc) is 3.09. The molecule has 0 aliphatic heterocycles. The van der Waals surface area contributed by atoms with Crippen molar-refractivity contribution in [1.82, 2.24) is 19.3 Å². The molecule has 7 heteroatoms. The third-order valence-corrected chi connectivity index (χ3v) is 3.39. The number of anilines is 1. The number of amides is 1. The zero-order valence-corrected chi connectivity index (χ0v) is 12.8. The molecule has 0 saturated carbocycles. The van der Waals surface area contributed by atoms with Gasteiger partial charge in [0, 0.05) is 36.3 Å². The van der Waals surface area contributed by atoms with Gasteiger partial charge in [-0.25, -0.2) is 9.67 Å². The maximum Gasteiger partial charge on any atom is 0.272 e. The van der Waals surface area contributed by atoms with E-state index in [9.17, 15) is 4.79 Å². The fraction of sp³-hybridized carbons (Fsp3) is 0.0714. The number of aryl methyl sites for hydroxylation is 1. The molecule has 0 radical (unpaired) electrons. The van der Waals surface area contributed by atoms with Gasteiger partial charge in [-0.2, -0.15) is 5.10 Å². The lowest BCUT2D eigenvalue weighted by molar-refractivity contribution is 0.101. The van der Waals surface area contributed by atoms with Crippen LogP contribution in [0.3, 0.4) is 0 Å². The Hall–Kier alpha value is -2.41. The fourth-order valence-electron chi connectivity index (χ4n) is 2.01. The Bertz CT molecular complexity index is 779. The molecular weight excluding hydrogens is 334 g/mol. The van der Waals surface area contributed by atoms with E-state index in [-0.39, 0.29) is 5.91 Å². The summed E-state index contributed by atoms with van der Waals surface area (Å²) in [6, 6.07) is 7.12. The number of nitrogens with zero attached hydrogens (tertiary/aromatic N) is 4. The molecule has 1 N–H and O–H groups in total. The summed E-state index contributed by atoms with van der Waals surface area (Å²) in [5.41, 5.74) is 1.15. The fourth-order valence-corrected chi connectivity index (χ4v) is 2.53. The molecule has 0 spiro atoms. The van der Waals surface area contributed by atoms with E-state index in [0.717, 1.165) is 4.47 Å². The Balaban J connectivity index is 1.92. The number of nitrogens with one attached hydrogen (secondary N) is 1. The highest BCUT2D eigenvalue weighted by Crippen LogP contribution is 2.19. The number of carbonyl (C=O) groups is 1. The monoisotopic (exact) mass is 345 g/mol. The van der Waals surface area contributed by atoms with Crippen molar-refractivity contribution in [2.24, 2.45) is 7.05 Å². The number of halogens is 1. The van der Waals surface area contributed by atoms with Crippen LogP contribution in [0.25, 0.3) is 5.82 Å². The molecule has 0 saturated heterocycles. The molecule has 106 valence electrons. The standard InChI is InChI=1S/C14H12BrN5O/c1-19-9-10(15)8-12(19)14(21)18-11-4-2-5-16-13(11)20-7-3-6-17-20/h2-9H,1H3,(H,18,21). The predicted octanol–water partition coefficient (Wildman–Crippen LogP) is 2.62. The van der Waals surface area contributed by atoms with E-state index >= 15 is 0 Å². The molecule has 21 heavy (non-hydrogen) atoms. The topological polar surface area (TPSA) is 64.7 Å². The maximum atomic E-state index is 12.4. The van der Waals surface area contributed by atoms with Gasteiger partial charge < -0.3 is 9.88 Å². The Morgan fingerprint density at radius 2 is 2.19 bits per heavy atom. The summed E-state index contributed by atoms with van der Waals surface area (Å²) in [5.74, 6) is 0.369. The van der Waals surface area contributed by atoms with Crippen molar-refractivity contribution in [3.05, 3.63) is 59.2 Å². The predicted molar refractivity (Wildman–Crippen MR) is 82.4 cm³/mol. The third kappa shape index (κ3) is 2.73. The van der Waals surface area contributed by atoms with Gasteiger partial charge >= 0.3 is 0 Å². The van der Waals surface area contributed by atoms with Crippen LogP contribution in [0.15, 0.2) is 53.5 Å². The van der Waals surface area contributed by atoms with E-state index < -0.39 is 0 Å². The summed E-state index contributed by atoms with van der Waals surface area (Å²) < 4.78 is 4.22. The van der Waals surface area contributed by atoms with Crippen LogP contribution in [0, 0.1) is 0 Å². The number of pyridine rings is 1. The lowest BCUT2D eigenvalue weighted by Crippen LogP contribution is -2.17. The third-order valence-electron chi connectivity index (χ3n) is 2.96. The summed E-state index contributed by atoms with van der Waals surface area (Å²) in [7, 11) is 1.82. The van der Waals surface area contributed by atoms with Gasteiger partial charge in [0.15, 0.2) is 5.82 Å². The molecule has 3 aromatic rings. The molecule has 3 rings (SSSR count). The van der Waals surface area contributed by atoms with Gasteiger partial charge in [-0.3, -0.25) is 4.79 Å². The van der Waals surface area contributed by atoms with Gasteiger partial charge in [0.1, 0.15) is 5.69 Å². The van der Waals surface area contributed by atoms with Gasteiger partial charge in [-0.05, 0) is 40.2 Å². The Morgan fingerprint density at radius 1 is 1.33 bits per heavy atom. The highest BCUT2D eigenvalue weighted by atomic mass is 79.9. The van der Waals surface area contributed by atoms with Gasteiger partial charge in [-0.15, -0.1) is 0 Å². The number of rotatable bonds is 3. The Morgan fingerprint density at radius 3 is 2.86 bits per heavy atom. The minimum Gasteiger partial charge on any atom is -0.345 e. The van der Waals surface area contributed by atoms with E-state index in [1.165, 1.54) is 0 Å². The minimum atomic E-state index is -0.204. The molecule has 0 bridgehead atoms. The second kappa shape index (κ2) is 5.53. The molecule has 0 aromatic carbocycles. The number of carbonyl (C=O) groups excluding carboxylic acids is 1. The number of hydrogen-bond donors (Lipinski definition) is 1. The van der Waals surface area contributed by atoms with Crippen LogP contribution >= 0.6 is 15.9 Å². The van der Waals surface area contributed by atoms with Crippen molar-refractivity contribution >= 4 is 27.5 Å². The lowest BCUT2D eigenvalue weighted by Gasteiger charge is -2.10. The van der Waals surface area contributed by atoms with Crippen molar-refractivity contribution in [2.45, 2.75) is 0 Å². The molecule has 0 unspecified atom stereocenters. The van der Waals surface area contributed by atoms with Crippen LogP contribution in [-0.4, -0.2) is 25.2 Å². The summed E-state index contributed by atoms with van der Waals surface area (Å²) in [4.78, 5) is 16.6. The average molecular weight is 346 g/mol. The van der Waals surface area contributed by atoms with Crippen molar-refractivity contribution in [1.29, 1.82) is 0 Å². The molecule has 0 atom stereocenters.